The summed E-state index contributed by atoms with van der Waals surface area (Å²) in [6.07, 6.45) is 9.58. The molecule has 16 heteroatoms. The molecule has 0 saturated heterocycles. The van der Waals surface area contributed by atoms with Crippen LogP contribution in [0.4, 0.5) is 39.5 Å². The minimum Gasteiger partial charge on any atom is -0.388 e. The van der Waals surface area contributed by atoms with Crippen molar-refractivity contribution in [1.82, 2.24) is 16.0 Å². The number of benzene rings is 4. The van der Waals surface area contributed by atoms with Crippen LogP contribution < -0.4 is 16.0 Å². The van der Waals surface area contributed by atoms with Crippen LogP contribution in [0.3, 0.4) is 0 Å². The first-order chi connectivity index (χ1) is 43.1. The fourth-order valence-electron chi connectivity index (χ4n) is 22.7. The molecule has 2 unspecified atom stereocenters. The van der Waals surface area contributed by atoms with Crippen molar-refractivity contribution in [2.75, 3.05) is 0 Å². The van der Waals surface area contributed by atoms with Gasteiger partial charge in [-0.15, -0.1) is 0 Å². The molecule has 4 aromatic rings. The topological polar surface area (TPSA) is 108 Å². The van der Waals surface area contributed by atoms with Crippen LogP contribution in [0.2, 0.25) is 0 Å². The van der Waals surface area contributed by atoms with Crippen LogP contribution in [0.25, 0.3) is 0 Å². The van der Waals surface area contributed by atoms with Gasteiger partial charge in [-0.05, 0) is 269 Å². The molecule has 0 spiro atoms. The van der Waals surface area contributed by atoms with Gasteiger partial charge in [-0.3, -0.25) is 14.4 Å². The molecule has 16 bridgehead atoms. The molecule has 4 N–H and O–H groups in total. The van der Waals surface area contributed by atoms with Gasteiger partial charge < -0.3 is 21.1 Å². The summed E-state index contributed by atoms with van der Waals surface area (Å²) in [7, 11) is 0. The summed E-state index contributed by atoms with van der Waals surface area (Å²) in [5, 5.41) is 17.8. The molecule has 0 aliphatic heterocycles. The average Bonchev–Trinajstić information content (AvgIpc) is 0.778. The highest BCUT2D eigenvalue weighted by atomic mass is 19.4. The van der Waals surface area contributed by atoms with Crippen LogP contribution in [0, 0.1) is 118 Å². The van der Waals surface area contributed by atoms with Crippen LogP contribution in [0.15, 0.2) is 121 Å². The van der Waals surface area contributed by atoms with Crippen LogP contribution in [-0.4, -0.2) is 41.4 Å². The molecule has 510 valence electrons. The first-order valence-electron chi connectivity index (χ1n) is 34.1. The summed E-state index contributed by atoms with van der Waals surface area (Å²) in [4.78, 5) is 34.9. The van der Waals surface area contributed by atoms with Gasteiger partial charge in [0, 0.05) is 0 Å². The van der Waals surface area contributed by atoms with Crippen LogP contribution in [-0.2, 0) is 14.4 Å². The number of aliphatic hydroxyl groups excluding tert-OH is 1. The summed E-state index contributed by atoms with van der Waals surface area (Å²) in [6.45, 7) is 0. The van der Waals surface area contributed by atoms with E-state index in [0.29, 0.717) is 41.4 Å². The van der Waals surface area contributed by atoms with E-state index in [0.717, 1.165) is 158 Å². The largest absolute Gasteiger partial charge is 0.471 e. The molecule has 0 heterocycles. The molecule has 4 aromatic carbocycles. The van der Waals surface area contributed by atoms with E-state index in [4.69, 9.17) is 0 Å². The smallest absolute Gasteiger partial charge is 0.388 e. The van der Waals surface area contributed by atoms with Crippen molar-refractivity contribution in [2.24, 2.45) is 118 Å². The summed E-state index contributed by atoms with van der Waals surface area (Å²) in [5.41, 5.74) is 3.53. The van der Waals surface area contributed by atoms with E-state index >= 15 is 0 Å². The monoisotopic (exact) mass is 1300 g/mol. The van der Waals surface area contributed by atoms with E-state index in [1.165, 1.54) is 51.4 Å². The highest BCUT2D eigenvalue weighted by molar-refractivity contribution is 5.83. The maximum atomic E-state index is 12.8. The molecule has 20 rings (SSSR count). The molecule has 3 amide bonds. The second kappa shape index (κ2) is 28.7. The highest BCUT2D eigenvalue weighted by Gasteiger charge is 2.56. The van der Waals surface area contributed by atoms with E-state index in [-0.39, 0.29) is 46.1 Å². The van der Waals surface area contributed by atoms with E-state index < -0.39 is 54.4 Å². The standard InChI is InChI=1S/3C19H22F3NO.C17H22O.3CH4/c3*20-19(21,22)18(24)23-17(13-4-2-1-3-5-13)16-14-7-11-6-12(9-14)10-15(16)8-11;18-17(13-4-2-1-3-5-13)16-14-7-11-6-12(9-14)10-15(16)8-11;;;/h3*1-5,11-12,14-17H,6-10H2,(H,23,24);1-5,11-12,14-18H,6-10H2;3*1H4/t2*11?,12?,14?,15?,16?,17-;;;;;/m10...../s1. The van der Waals surface area contributed by atoms with Gasteiger partial charge in [0.05, 0.1) is 24.2 Å². The molecule has 16 aliphatic rings. The third kappa shape index (κ3) is 15.4. The van der Waals surface area contributed by atoms with Crippen molar-refractivity contribution >= 4 is 17.7 Å². The van der Waals surface area contributed by atoms with E-state index in [1.54, 1.807) is 0 Å². The first-order valence-corrected chi connectivity index (χ1v) is 34.1. The minimum atomic E-state index is -4.83. The molecular formula is C77H100F9N3O4. The second-order valence-electron chi connectivity index (χ2n) is 30.5. The molecule has 16 saturated carbocycles. The Hall–Kier alpha value is -5.38. The fourth-order valence-corrected chi connectivity index (χ4v) is 22.7. The number of carbonyl (C=O) groups is 3. The van der Waals surface area contributed by atoms with Crippen molar-refractivity contribution in [3.05, 3.63) is 144 Å². The van der Waals surface area contributed by atoms with Gasteiger partial charge in [-0.2, -0.15) is 39.5 Å². The van der Waals surface area contributed by atoms with Gasteiger partial charge in [0.2, 0.25) is 0 Å². The van der Waals surface area contributed by atoms with Gasteiger partial charge in [-0.25, -0.2) is 0 Å². The van der Waals surface area contributed by atoms with Crippen molar-refractivity contribution in [1.29, 1.82) is 0 Å². The van der Waals surface area contributed by atoms with Gasteiger partial charge in [0.15, 0.2) is 0 Å². The molecular weight excluding hydrogens is 1200 g/mol. The maximum Gasteiger partial charge on any atom is 0.471 e. The van der Waals surface area contributed by atoms with Gasteiger partial charge in [0.1, 0.15) is 0 Å². The predicted octanol–water partition coefficient (Wildman–Crippen LogP) is 19.1. The number of rotatable bonds is 11. The summed E-state index contributed by atoms with van der Waals surface area (Å²) in [6, 6.07) is 36.3. The Morgan fingerprint density at radius 1 is 0.290 bits per heavy atom. The Bertz CT molecular complexity index is 2720. The molecule has 16 fully saturated rings. The lowest BCUT2D eigenvalue weighted by Gasteiger charge is -2.56. The molecule has 93 heavy (non-hydrogen) atoms. The first kappa shape index (κ1) is 70.4. The summed E-state index contributed by atoms with van der Waals surface area (Å²) in [5.74, 6) is 6.24. The summed E-state index contributed by atoms with van der Waals surface area (Å²) < 4.78 is 116. The van der Waals surface area contributed by atoms with Crippen LogP contribution >= 0.6 is 0 Å². The van der Waals surface area contributed by atoms with E-state index in [2.05, 4.69) is 40.2 Å². The quantitative estimate of drug-likeness (QED) is 0.112. The molecule has 0 radical (unpaired) electrons. The van der Waals surface area contributed by atoms with Gasteiger partial charge >= 0.3 is 36.3 Å². The van der Waals surface area contributed by atoms with Gasteiger partial charge in [-0.1, -0.05) is 144 Å². The number of carbonyl (C=O) groups excluding carboxylic acids is 3. The van der Waals surface area contributed by atoms with E-state index in [1.807, 2.05) is 97.1 Å². The third-order valence-electron chi connectivity index (χ3n) is 25.0. The SMILES string of the molecule is C.C.C.O=C(NC(c1ccccc1)C1C2CC3CC(C2)CC1C3)C(F)(F)F.O=C(N[C@@H](c1ccccc1)C1C2CC3CC(C2)CC1C3)C(F)(F)F.O=C(N[C@H](c1ccccc1)C1C2CC3CC(C2)CC1C3)C(F)(F)F.OC(c1ccccc1)C1C2CC3CC(C2)CC1C3. The van der Waals surface area contributed by atoms with Crippen molar-refractivity contribution < 1.29 is 59.0 Å². The molecule has 4 atom stereocenters. The number of alkyl halides is 9. The predicted molar refractivity (Wildman–Crippen MR) is 344 cm³/mol. The number of hydrogen-bond acceptors (Lipinski definition) is 4. The fraction of sp³-hybridized carbons (Fsp3) is 0.649. The molecule has 7 nitrogen and oxygen atoms in total. The maximum absolute atomic E-state index is 12.8. The Morgan fingerprint density at radius 3 is 0.645 bits per heavy atom. The zero-order valence-corrected chi connectivity index (χ0v) is 51.1. The lowest BCUT2D eigenvalue weighted by atomic mass is 9.50. The lowest BCUT2D eigenvalue weighted by Crippen LogP contribution is -2.51. The van der Waals surface area contributed by atoms with Gasteiger partial charge in [0.25, 0.3) is 0 Å². The Labute approximate surface area is 545 Å². The number of nitrogens with one attached hydrogen (secondary N) is 3. The Kier molecular flexibility index (Phi) is 21.8. The number of hydrogen-bond donors (Lipinski definition) is 4. The van der Waals surface area contributed by atoms with Crippen molar-refractivity contribution in [3.63, 3.8) is 0 Å². The third-order valence-corrected chi connectivity index (χ3v) is 25.0. The Balaban J connectivity index is 0.000000135. The Morgan fingerprint density at radius 2 is 0.462 bits per heavy atom. The van der Waals surface area contributed by atoms with Crippen LogP contribution in [0.1, 0.15) is 197 Å². The van der Waals surface area contributed by atoms with E-state index in [9.17, 15) is 59.0 Å². The second-order valence-corrected chi connectivity index (χ2v) is 30.5. The van der Waals surface area contributed by atoms with Crippen molar-refractivity contribution in [3.8, 4) is 0 Å². The van der Waals surface area contributed by atoms with Crippen molar-refractivity contribution in [2.45, 2.75) is 193 Å². The summed E-state index contributed by atoms with van der Waals surface area (Å²) >= 11 is 0. The zero-order chi connectivity index (χ0) is 62.8. The average molecular weight is 1300 g/mol. The zero-order valence-electron chi connectivity index (χ0n) is 51.1. The number of halogens is 9. The minimum absolute atomic E-state index is 0. The molecule has 0 aromatic heterocycles. The normalized spacial score (nSPS) is 36.0. The highest BCUT2D eigenvalue weighted by Crippen LogP contribution is 2.63. The van der Waals surface area contributed by atoms with Crippen LogP contribution in [0.5, 0.6) is 0 Å². The lowest BCUT2D eigenvalue weighted by molar-refractivity contribution is -0.176. The number of amides is 3. The molecule has 16 aliphatic carbocycles. The number of aliphatic hydroxyl groups is 1.